The van der Waals surface area contributed by atoms with Crippen molar-refractivity contribution in [3.8, 4) is 0 Å². The molecular weight excluding hydrogens is 164 g/mol. The van der Waals surface area contributed by atoms with Crippen LogP contribution in [0.5, 0.6) is 0 Å². The maximum absolute atomic E-state index is 11.6. The molecule has 2 heterocycles. The maximum Gasteiger partial charge on any atom is 0.187 e. The molecule has 0 aliphatic carbocycles. The summed E-state index contributed by atoms with van der Waals surface area (Å²) in [7, 11) is 0. The van der Waals surface area contributed by atoms with Gasteiger partial charge in [-0.25, -0.2) is 0 Å². The number of anilines is 1. The average molecular weight is 178 g/mol. The first-order valence-corrected chi connectivity index (χ1v) is 4.74. The average Bonchev–Trinajstić information content (AvgIpc) is 2.28. The van der Waals surface area contributed by atoms with Gasteiger partial charge < -0.3 is 10.3 Å². The van der Waals surface area contributed by atoms with E-state index in [-0.39, 0.29) is 5.43 Å². The van der Waals surface area contributed by atoms with Crippen LogP contribution in [0.2, 0.25) is 0 Å². The third kappa shape index (κ3) is 1.59. The summed E-state index contributed by atoms with van der Waals surface area (Å²) < 4.78 is 0. The fourth-order valence-electron chi connectivity index (χ4n) is 1.75. The number of hydrogen-bond acceptors (Lipinski definition) is 2. The SMILES string of the molecule is Cc1cc(=O)c2c([nH]1)NCCCC2. The molecule has 0 spiro atoms. The number of hydrogen-bond donors (Lipinski definition) is 2. The van der Waals surface area contributed by atoms with E-state index in [1.54, 1.807) is 6.07 Å². The highest BCUT2D eigenvalue weighted by molar-refractivity contribution is 5.45. The van der Waals surface area contributed by atoms with Crippen LogP contribution in [-0.2, 0) is 6.42 Å². The van der Waals surface area contributed by atoms with Crippen molar-refractivity contribution in [1.82, 2.24) is 4.98 Å². The topological polar surface area (TPSA) is 44.9 Å². The molecule has 13 heavy (non-hydrogen) atoms. The quantitative estimate of drug-likeness (QED) is 0.631. The van der Waals surface area contributed by atoms with E-state index in [4.69, 9.17) is 0 Å². The molecule has 1 aliphatic heterocycles. The zero-order valence-electron chi connectivity index (χ0n) is 7.81. The Hall–Kier alpha value is -1.25. The molecule has 0 radical (unpaired) electrons. The summed E-state index contributed by atoms with van der Waals surface area (Å²) in [6.45, 7) is 2.88. The van der Waals surface area contributed by atoms with Crippen LogP contribution in [0, 0.1) is 6.92 Å². The molecule has 1 aromatic rings. The first-order chi connectivity index (χ1) is 6.27. The second kappa shape index (κ2) is 3.24. The van der Waals surface area contributed by atoms with E-state index < -0.39 is 0 Å². The molecule has 2 rings (SSSR count). The molecule has 3 nitrogen and oxygen atoms in total. The van der Waals surface area contributed by atoms with Crippen LogP contribution >= 0.6 is 0 Å². The molecule has 0 fully saturated rings. The summed E-state index contributed by atoms with van der Waals surface area (Å²) in [4.78, 5) is 14.8. The van der Waals surface area contributed by atoms with Crippen molar-refractivity contribution in [2.75, 3.05) is 11.9 Å². The predicted molar refractivity (Wildman–Crippen MR) is 53.2 cm³/mol. The molecule has 2 N–H and O–H groups in total. The number of aryl methyl sites for hydroxylation is 1. The molecule has 0 unspecified atom stereocenters. The second-order valence-corrected chi connectivity index (χ2v) is 3.55. The molecule has 0 atom stereocenters. The van der Waals surface area contributed by atoms with Crippen LogP contribution in [0.4, 0.5) is 5.82 Å². The molecular formula is C10H14N2O. The third-order valence-electron chi connectivity index (χ3n) is 2.42. The highest BCUT2D eigenvalue weighted by Crippen LogP contribution is 2.15. The number of pyridine rings is 1. The molecule has 0 amide bonds. The number of H-pyrrole nitrogens is 1. The maximum atomic E-state index is 11.6. The summed E-state index contributed by atoms with van der Waals surface area (Å²) in [5.74, 6) is 0.933. The Bertz CT molecular complexity index is 368. The van der Waals surface area contributed by atoms with Crippen LogP contribution in [0.3, 0.4) is 0 Å². The Labute approximate surface area is 77.2 Å². The van der Waals surface area contributed by atoms with Crippen LogP contribution in [-0.4, -0.2) is 11.5 Å². The summed E-state index contributed by atoms with van der Waals surface area (Å²) in [6.07, 6.45) is 3.14. The fourth-order valence-corrected chi connectivity index (χ4v) is 1.75. The molecule has 70 valence electrons. The van der Waals surface area contributed by atoms with Crippen LogP contribution < -0.4 is 10.7 Å². The van der Waals surface area contributed by atoms with E-state index in [1.807, 2.05) is 6.92 Å². The third-order valence-corrected chi connectivity index (χ3v) is 2.42. The van der Waals surface area contributed by atoms with Crippen molar-refractivity contribution in [2.45, 2.75) is 26.2 Å². The molecule has 0 saturated carbocycles. The smallest absolute Gasteiger partial charge is 0.187 e. The fraction of sp³-hybridized carbons (Fsp3) is 0.500. The molecule has 3 heteroatoms. The Morgan fingerprint density at radius 1 is 1.38 bits per heavy atom. The van der Waals surface area contributed by atoms with Crippen molar-refractivity contribution in [3.05, 3.63) is 27.5 Å². The number of nitrogens with one attached hydrogen (secondary N) is 2. The zero-order valence-corrected chi connectivity index (χ0v) is 7.81. The van der Waals surface area contributed by atoms with Gasteiger partial charge in [-0.05, 0) is 26.2 Å². The van der Waals surface area contributed by atoms with Gasteiger partial charge in [0.15, 0.2) is 5.43 Å². The lowest BCUT2D eigenvalue weighted by Crippen LogP contribution is -2.13. The molecule has 0 bridgehead atoms. The first kappa shape index (κ1) is 8.35. The van der Waals surface area contributed by atoms with Gasteiger partial charge >= 0.3 is 0 Å². The Balaban J connectivity index is 2.53. The minimum Gasteiger partial charge on any atom is -0.371 e. The van der Waals surface area contributed by atoms with Gasteiger partial charge in [-0.15, -0.1) is 0 Å². The van der Waals surface area contributed by atoms with Gasteiger partial charge in [-0.3, -0.25) is 4.79 Å². The van der Waals surface area contributed by atoms with Crippen molar-refractivity contribution < 1.29 is 0 Å². The normalized spacial score (nSPS) is 15.8. The Kier molecular flexibility index (Phi) is 2.08. The molecule has 0 aromatic carbocycles. The van der Waals surface area contributed by atoms with Gasteiger partial charge in [-0.2, -0.15) is 0 Å². The van der Waals surface area contributed by atoms with E-state index in [0.717, 1.165) is 42.9 Å². The second-order valence-electron chi connectivity index (χ2n) is 3.55. The first-order valence-electron chi connectivity index (χ1n) is 4.74. The standard InChI is InChI=1S/C10H14N2O/c1-7-6-9(13)8-4-2-3-5-11-10(8)12-7/h6H,2-5H2,1H3,(H2,11,12,13). The van der Waals surface area contributed by atoms with Crippen molar-refractivity contribution in [1.29, 1.82) is 0 Å². The van der Waals surface area contributed by atoms with Crippen LogP contribution in [0.25, 0.3) is 0 Å². The largest absolute Gasteiger partial charge is 0.371 e. The number of rotatable bonds is 0. The Morgan fingerprint density at radius 2 is 2.23 bits per heavy atom. The van der Waals surface area contributed by atoms with E-state index >= 15 is 0 Å². The van der Waals surface area contributed by atoms with Crippen LogP contribution in [0.15, 0.2) is 10.9 Å². The Morgan fingerprint density at radius 3 is 3.08 bits per heavy atom. The van der Waals surface area contributed by atoms with E-state index in [0.29, 0.717) is 0 Å². The molecule has 1 aliphatic rings. The minimum absolute atomic E-state index is 0.167. The number of fused-ring (bicyclic) bond motifs is 1. The lowest BCUT2D eigenvalue weighted by molar-refractivity contribution is 0.783. The van der Waals surface area contributed by atoms with Gasteiger partial charge in [0, 0.05) is 23.9 Å². The lowest BCUT2D eigenvalue weighted by atomic mass is 10.1. The van der Waals surface area contributed by atoms with E-state index in [9.17, 15) is 4.79 Å². The van der Waals surface area contributed by atoms with E-state index in [1.165, 1.54) is 0 Å². The molecule has 1 aromatic heterocycles. The van der Waals surface area contributed by atoms with Gasteiger partial charge in [0.2, 0.25) is 0 Å². The number of aromatic nitrogens is 1. The highest BCUT2D eigenvalue weighted by atomic mass is 16.1. The van der Waals surface area contributed by atoms with Crippen molar-refractivity contribution in [2.24, 2.45) is 0 Å². The summed E-state index contributed by atoms with van der Waals surface area (Å²) >= 11 is 0. The summed E-state index contributed by atoms with van der Waals surface area (Å²) in [5, 5.41) is 3.25. The van der Waals surface area contributed by atoms with Crippen LogP contribution in [0.1, 0.15) is 24.1 Å². The van der Waals surface area contributed by atoms with Crippen molar-refractivity contribution >= 4 is 5.82 Å². The summed E-state index contributed by atoms with van der Waals surface area (Å²) in [5.41, 5.74) is 2.02. The monoisotopic (exact) mass is 178 g/mol. The van der Waals surface area contributed by atoms with Gasteiger partial charge in [0.25, 0.3) is 0 Å². The number of aromatic amines is 1. The lowest BCUT2D eigenvalue weighted by Gasteiger charge is -2.07. The predicted octanol–water partition coefficient (Wildman–Crippen LogP) is 1.43. The molecule has 0 saturated heterocycles. The van der Waals surface area contributed by atoms with E-state index in [2.05, 4.69) is 10.3 Å². The van der Waals surface area contributed by atoms with Gasteiger partial charge in [0.1, 0.15) is 5.82 Å². The zero-order chi connectivity index (χ0) is 9.26. The van der Waals surface area contributed by atoms with Crippen molar-refractivity contribution in [3.63, 3.8) is 0 Å². The minimum atomic E-state index is 0.167. The van der Waals surface area contributed by atoms with Gasteiger partial charge in [0.05, 0.1) is 0 Å². The summed E-state index contributed by atoms with van der Waals surface area (Å²) in [6, 6.07) is 1.67. The highest BCUT2D eigenvalue weighted by Gasteiger charge is 2.10. The van der Waals surface area contributed by atoms with Gasteiger partial charge in [-0.1, -0.05) is 0 Å².